The molecule has 1 unspecified atom stereocenters. The molecule has 0 bridgehead atoms. The lowest BCUT2D eigenvalue weighted by molar-refractivity contribution is -0.384. The molecule has 0 saturated carbocycles. The predicted molar refractivity (Wildman–Crippen MR) is 68.5 cm³/mol. The fraction of sp³-hybridized carbons (Fsp3) is 0.250. The Morgan fingerprint density at radius 2 is 2.33 bits per heavy atom. The summed E-state index contributed by atoms with van der Waals surface area (Å²) < 4.78 is 0. The molecule has 6 heteroatoms. The molecule has 0 aromatic heterocycles. The number of halogens is 1. The summed E-state index contributed by atoms with van der Waals surface area (Å²) in [5.41, 5.74) is -0.155. The van der Waals surface area contributed by atoms with E-state index >= 15 is 0 Å². The first-order valence-corrected chi connectivity index (χ1v) is 5.58. The second-order valence-electron chi connectivity index (χ2n) is 3.52. The molecule has 0 saturated heterocycles. The summed E-state index contributed by atoms with van der Waals surface area (Å²) in [5, 5.41) is 13.3. The van der Waals surface area contributed by atoms with Gasteiger partial charge in [-0.1, -0.05) is 24.4 Å². The number of nitro benzene ring substituents is 1. The molecule has 0 fully saturated rings. The third-order valence-electron chi connectivity index (χ3n) is 2.32. The number of terminal acetylenes is 1. The first kappa shape index (κ1) is 14.0. The highest BCUT2D eigenvalue weighted by atomic mass is 35.5. The topological polar surface area (TPSA) is 72.2 Å². The van der Waals surface area contributed by atoms with Crippen molar-refractivity contribution in [2.75, 3.05) is 0 Å². The van der Waals surface area contributed by atoms with Crippen molar-refractivity contribution in [3.63, 3.8) is 0 Å². The summed E-state index contributed by atoms with van der Waals surface area (Å²) >= 11 is 5.65. The Balaban J connectivity index is 2.97. The van der Waals surface area contributed by atoms with Gasteiger partial charge in [-0.2, -0.15) is 0 Å². The molecule has 1 atom stereocenters. The average Bonchev–Trinajstić information content (AvgIpc) is 2.35. The number of nitro groups is 1. The molecule has 1 amide bonds. The van der Waals surface area contributed by atoms with Gasteiger partial charge in [-0.3, -0.25) is 14.9 Å². The number of nitrogens with zero attached hydrogens (tertiary/aromatic N) is 1. The van der Waals surface area contributed by atoms with Crippen LogP contribution in [0.15, 0.2) is 18.2 Å². The fourth-order valence-corrected chi connectivity index (χ4v) is 1.48. The van der Waals surface area contributed by atoms with Crippen molar-refractivity contribution in [3.05, 3.63) is 38.9 Å². The summed E-state index contributed by atoms with van der Waals surface area (Å²) in [6.07, 6.45) is 5.80. The maximum Gasteiger partial charge on any atom is 0.288 e. The molecule has 0 aliphatic rings. The lowest BCUT2D eigenvalue weighted by atomic mass is 10.1. The number of hydrogen-bond acceptors (Lipinski definition) is 3. The van der Waals surface area contributed by atoms with Crippen LogP contribution in [0.3, 0.4) is 0 Å². The van der Waals surface area contributed by atoms with Crippen LogP contribution in [0.5, 0.6) is 0 Å². The zero-order valence-corrected chi connectivity index (χ0v) is 10.4. The molecule has 18 heavy (non-hydrogen) atoms. The molecular formula is C12H11ClN2O3. The Morgan fingerprint density at radius 3 is 2.83 bits per heavy atom. The van der Waals surface area contributed by atoms with Gasteiger partial charge in [-0.05, 0) is 18.6 Å². The molecule has 1 N–H and O–H groups in total. The number of amides is 1. The maximum absolute atomic E-state index is 11.8. The minimum atomic E-state index is -0.641. The van der Waals surface area contributed by atoms with Crippen LogP contribution in [0.2, 0.25) is 5.02 Å². The molecule has 1 aromatic carbocycles. The van der Waals surface area contributed by atoms with E-state index in [4.69, 9.17) is 18.0 Å². The molecule has 1 aromatic rings. The van der Waals surface area contributed by atoms with Gasteiger partial charge in [0.15, 0.2) is 0 Å². The largest absolute Gasteiger partial charge is 0.338 e. The monoisotopic (exact) mass is 266 g/mol. The van der Waals surface area contributed by atoms with Gasteiger partial charge in [-0.15, -0.1) is 6.42 Å². The lowest BCUT2D eigenvalue weighted by Crippen LogP contribution is -2.33. The Labute approximate surface area is 109 Å². The molecule has 0 aliphatic heterocycles. The van der Waals surface area contributed by atoms with E-state index in [1.807, 2.05) is 6.92 Å². The van der Waals surface area contributed by atoms with E-state index in [1.54, 1.807) is 0 Å². The van der Waals surface area contributed by atoms with Gasteiger partial charge in [0.05, 0.1) is 11.0 Å². The van der Waals surface area contributed by atoms with Gasteiger partial charge in [0, 0.05) is 11.6 Å². The maximum atomic E-state index is 11.8. The zero-order valence-electron chi connectivity index (χ0n) is 9.64. The van der Waals surface area contributed by atoms with Crippen LogP contribution in [0.1, 0.15) is 23.7 Å². The van der Waals surface area contributed by atoms with Crippen LogP contribution < -0.4 is 5.32 Å². The average molecular weight is 267 g/mol. The SMILES string of the molecule is C#CC(CC)NC(=O)c1ccc(Cl)c([N+](=O)[O-])c1. The van der Waals surface area contributed by atoms with E-state index in [0.29, 0.717) is 6.42 Å². The third kappa shape index (κ3) is 3.22. The van der Waals surface area contributed by atoms with E-state index in [-0.39, 0.29) is 16.3 Å². The van der Waals surface area contributed by atoms with Crippen LogP contribution in [-0.4, -0.2) is 16.9 Å². The van der Waals surface area contributed by atoms with E-state index < -0.39 is 16.9 Å². The quantitative estimate of drug-likeness (QED) is 0.517. The van der Waals surface area contributed by atoms with Gasteiger partial charge in [0.25, 0.3) is 11.6 Å². The smallest absolute Gasteiger partial charge is 0.288 e. The van der Waals surface area contributed by atoms with Gasteiger partial charge in [0.2, 0.25) is 0 Å². The first-order chi connectivity index (χ1) is 8.49. The van der Waals surface area contributed by atoms with Crippen molar-refractivity contribution >= 4 is 23.2 Å². The second kappa shape index (κ2) is 6.03. The molecular weight excluding hydrogens is 256 g/mol. The van der Waals surface area contributed by atoms with Crippen LogP contribution in [0, 0.1) is 22.5 Å². The number of nitrogens with one attached hydrogen (secondary N) is 1. The van der Waals surface area contributed by atoms with E-state index in [1.165, 1.54) is 12.1 Å². The predicted octanol–water partition coefficient (Wildman–Crippen LogP) is 2.39. The Morgan fingerprint density at radius 1 is 1.67 bits per heavy atom. The Hall–Kier alpha value is -2.06. The number of rotatable bonds is 4. The van der Waals surface area contributed by atoms with Gasteiger partial charge < -0.3 is 5.32 Å². The van der Waals surface area contributed by atoms with Crippen LogP contribution >= 0.6 is 11.6 Å². The minimum Gasteiger partial charge on any atom is -0.338 e. The summed E-state index contributed by atoms with van der Waals surface area (Å²) in [6, 6.07) is 3.45. The molecule has 94 valence electrons. The number of benzene rings is 1. The van der Waals surface area contributed by atoms with Crippen LogP contribution in [0.4, 0.5) is 5.69 Å². The summed E-state index contributed by atoms with van der Waals surface area (Å²) in [7, 11) is 0. The molecule has 0 radical (unpaired) electrons. The normalized spacial score (nSPS) is 11.4. The summed E-state index contributed by atoms with van der Waals surface area (Å²) in [6.45, 7) is 1.83. The molecule has 0 spiro atoms. The zero-order chi connectivity index (χ0) is 13.7. The highest BCUT2D eigenvalue weighted by Crippen LogP contribution is 2.25. The molecule has 0 heterocycles. The highest BCUT2D eigenvalue weighted by molar-refractivity contribution is 6.32. The summed E-state index contributed by atoms with van der Waals surface area (Å²) in [5.74, 6) is 1.95. The van der Waals surface area contributed by atoms with E-state index in [0.717, 1.165) is 6.07 Å². The molecule has 5 nitrogen and oxygen atoms in total. The van der Waals surface area contributed by atoms with Gasteiger partial charge >= 0.3 is 0 Å². The third-order valence-corrected chi connectivity index (χ3v) is 2.64. The molecule has 1 rings (SSSR count). The van der Waals surface area contributed by atoms with Crippen molar-refractivity contribution in [3.8, 4) is 12.3 Å². The van der Waals surface area contributed by atoms with Crippen molar-refractivity contribution in [2.24, 2.45) is 0 Å². The number of carbonyl (C=O) groups is 1. The van der Waals surface area contributed by atoms with E-state index in [2.05, 4.69) is 11.2 Å². The van der Waals surface area contributed by atoms with Gasteiger partial charge in [0.1, 0.15) is 5.02 Å². The summed E-state index contributed by atoms with van der Waals surface area (Å²) in [4.78, 5) is 21.8. The van der Waals surface area contributed by atoms with Crippen molar-refractivity contribution in [1.29, 1.82) is 0 Å². The number of hydrogen-bond donors (Lipinski definition) is 1. The highest BCUT2D eigenvalue weighted by Gasteiger charge is 2.17. The Bertz CT molecular complexity index is 523. The Kier molecular flexibility index (Phi) is 4.69. The van der Waals surface area contributed by atoms with E-state index in [9.17, 15) is 14.9 Å². The number of carbonyl (C=O) groups excluding carboxylic acids is 1. The van der Waals surface area contributed by atoms with Crippen molar-refractivity contribution < 1.29 is 9.72 Å². The first-order valence-electron chi connectivity index (χ1n) is 5.20. The standard InChI is InChI=1S/C12H11ClN2O3/c1-3-9(4-2)14-12(16)8-5-6-10(13)11(7-8)15(17)18/h1,5-7,9H,4H2,2H3,(H,14,16). The minimum absolute atomic E-state index is 0.0134. The fourth-order valence-electron chi connectivity index (χ4n) is 1.30. The van der Waals surface area contributed by atoms with Gasteiger partial charge in [-0.25, -0.2) is 0 Å². The van der Waals surface area contributed by atoms with Crippen LogP contribution in [-0.2, 0) is 0 Å². The molecule has 0 aliphatic carbocycles. The van der Waals surface area contributed by atoms with Crippen LogP contribution in [0.25, 0.3) is 0 Å². The van der Waals surface area contributed by atoms with Crippen molar-refractivity contribution in [2.45, 2.75) is 19.4 Å². The second-order valence-corrected chi connectivity index (χ2v) is 3.93. The lowest BCUT2D eigenvalue weighted by Gasteiger charge is -2.10. The van der Waals surface area contributed by atoms with Crippen molar-refractivity contribution in [1.82, 2.24) is 5.32 Å².